The highest BCUT2D eigenvalue weighted by Crippen LogP contribution is 2.20. The normalized spacial score (nSPS) is 17.9. The maximum atomic E-state index is 6.03. The number of hydrogen-bond donors (Lipinski definition) is 1. The van der Waals surface area contributed by atoms with Crippen molar-refractivity contribution in [2.45, 2.75) is 31.9 Å². The van der Waals surface area contributed by atoms with Gasteiger partial charge in [0, 0.05) is 18.6 Å². The van der Waals surface area contributed by atoms with E-state index >= 15 is 0 Å². The highest BCUT2D eigenvalue weighted by molar-refractivity contribution is 5.30. The van der Waals surface area contributed by atoms with Crippen LogP contribution in [0.15, 0.2) is 24.3 Å². The number of nitrogens with two attached hydrogens (primary N) is 1. The lowest BCUT2D eigenvalue weighted by Gasteiger charge is -2.36. The highest BCUT2D eigenvalue weighted by Gasteiger charge is 2.24. The van der Waals surface area contributed by atoms with Crippen molar-refractivity contribution in [3.05, 3.63) is 29.8 Å². The molecule has 0 radical (unpaired) electrons. The Kier molecular flexibility index (Phi) is 3.40. The van der Waals surface area contributed by atoms with E-state index in [0.29, 0.717) is 6.10 Å². The number of rotatable bonds is 4. The fourth-order valence-electron chi connectivity index (χ4n) is 2.16. The van der Waals surface area contributed by atoms with E-state index in [1.807, 2.05) is 26.0 Å². The lowest BCUT2D eigenvalue weighted by molar-refractivity contribution is 0.0388. The standard InChI is InChI=1S/C14H22N2O/c1-14(2,15)8-11-5-4-6-12(7-11)17-13-9-16(3)10-13/h4-7,13H,8-10,15H2,1-3H3. The van der Waals surface area contributed by atoms with Gasteiger partial charge in [0.25, 0.3) is 0 Å². The molecule has 0 atom stereocenters. The minimum atomic E-state index is -0.171. The second-order valence-corrected chi connectivity index (χ2v) is 5.77. The molecule has 0 bridgehead atoms. The summed E-state index contributed by atoms with van der Waals surface area (Å²) in [5, 5.41) is 0. The maximum Gasteiger partial charge on any atom is 0.124 e. The Morgan fingerprint density at radius 1 is 1.41 bits per heavy atom. The first-order valence-electron chi connectivity index (χ1n) is 6.15. The van der Waals surface area contributed by atoms with E-state index < -0.39 is 0 Å². The average Bonchev–Trinajstić information content (AvgIpc) is 2.13. The fraction of sp³-hybridized carbons (Fsp3) is 0.571. The third-order valence-electron chi connectivity index (χ3n) is 2.89. The van der Waals surface area contributed by atoms with Crippen LogP contribution in [-0.2, 0) is 6.42 Å². The zero-order valence-corrected chi connectivity index (χ0v) is 10.9. The van der Waals surface area contributed by atoms with E-state index in [-0.39, 0.29) is 5.54 Å². The third-order valence-corrected chi connectivity index (χ3v) is 2.89. The number of likely N-dealkylation sites (N-methyl/N-ethyl adjacent to an activating group) is 1. The van der Waals surface area contributed by atoms with Gasteiger partial charge in [-0.3, -0.25) is 4.90 Å². The summed E-state index contributed by atoms with van der Waals surface area (Å²) in [6.45, 7) is 6.13. The van der Waals surface area contributed by atoms with E-state index in [0.717, 1.165) is 25.3 Å². The molecule has 1 aliphatic heterocycles. The van der Waals surface area contributed by atoms with E-state index in [1.54, 1.807) is 0 Å². The molecule has 1 aromatic rings. The summed E-state index contributed by atoms with van der Waals surface area (Å²) in [5.41, 5.74) is 7.09. The molecule has 2 rings (SSSR count). The Morgan fingerprint density at radius 3 is 2.71 bits per heavy atom. The van der Waals surface area contributed by atoms with Crippen LogP contribution in [0.2, 0.25) is 0 Å². The Labute approximate surface area is 104 Å². The van der Waals surface area contributed by atoms with E-state index in [2.05, 4.69) is 24.1 Å². The van der Waals surface area contributed by atoms with Gasteiger partial charge in [0.1, 0.15) is 11.9 Å². The summed E-state index contributed by atoms with van der Waals surface area (Å²) in [6, 6.07) is 8.27. The molecule has 1 saturated heterocycles. The number of hydrogen-bond acceptors (Lipinski definition) is 3. The smallest absolute Gasteiger partial charge is 0.124 e. The van der Waals surface area contributed by atoms with Gasteiger partial charge in [-0.2, -0.15) is 0 Å². The van der Waals surface area contributed by atoms with E-state index in [9.17, 15) is 0 Å². The Morgan fingerprint density at radius 2 is 2.12 bits per heavy atom. The Hall–Kier alpha value is -1.06. The van der Waals surface area contributed by atoms with Crippen molar-refractivity contribution in [1.82, 2.24) is 4.90 Å². The Bertz CT molecular complexity index is 378. The molecule has 1 aromatic carbocycles. The molecule has 3 nitrogen and oxygen atoms in total. The lowest BCUT2D eigenvalue weighted by Crippen LogP contribution is -2.51. The van der Waals surface area contributed by atoms with Crippen molar-refractivity contribution in [2.24, 2.45) is 5.73 Å². The zero-order chi connectivity index (χ0) is 12.5. The van der Waals surface area contributed by atoms with Crippen molar-refractivity contribution in [3.63, 3.8) is 0 Å². The third kappa shape index (κ3) is 3.72. The van der Waals surface area contributed by atoms with Crippen LogP contribution in [0.5, 0.6) is 5.75 Å². The largest absolute Gasteiger partial charge is 0.488 e. The van der Waals surface area contributed by atoms with Gasteiger partial charge in [-0.25, -0.2) is 0 Å². The van der Waals surface area contributed by atoms with Crippen molar-refractivity contribution < 1.29 is 4.74 Å². The predicted octanol–water partition coefficient (Wildman–Crippen LogP) is 1.66. The van der Waals surface area contributed by atoms with Crippen molar-refractivity contribution >= 4 is 0 Å². The summed E-state index contributed by atoms with van der Waals surface area (Å²) in [5.74, 6) is 0.963. The first kappa shape index (κ1) is 12.4. The predicted molar refractivity (Wildman–Crippen MR) is 70.3 cm³/mol. The molecule has 1 fully saturated rings. The molecule has 0 aliphatic carbocycles. The lowest BCUT2D eigenvalue weighted by atomic mass is 9.96. The first-order chi connectivity index (χ1) is 7.92. The average molecular weight is 234 g/mol. The van der Waals surface area contributed by atoms with Gasteiger partial charge in [0.15, 0.2) is 0 Å². The summed E-state index contributed by atoms with van der Waals surface area (Å²) >= 11 is 0. The van der Waals surface area contributed by atoms with E-state index in [4.69, 9.17) is 10.5 Å². The number of ether oxygens (including phenoxy) is 1. The van der Waals surface area contributed by atoms with Crippen LogP contribution >= 0.6 is 0 Å². The Balaban J connectivity index is 1.96. The molecule has 0 amide bonds. The summed E-state index contributed by atoms with van der Waals surface area (Å²) in [6.07, 6.45) is 1.22. The fourth-order valence-corrected chi connectivity index (χ4v) is 2.16. The van der Waals surface area contributed by atoms with Gasteiger partial charge in [-0.1, -0.05) is 12.1 Å². The summed E-state index contributed by atoms with van der Waals surface area (Å²) in [7, 11) is 2.10. The SMILES string of the molecule is CN1CC(Oc2cccc(CC(C)(C)N)c2)C1. The number of likely N-dealkylation sites (tertiary alicyclic amines) is 1. The van der Waals surface area contributed by atoms with Crippen LogP contribution in [0.25, 0.3) is 0 Å². The van der Waals surface area contributed by atoms with E-state index in [1.165, 1.54) is 5.56 Å². The minimum absolute atomic E-state index is 0.171. The zero-order valence-electron chi connectivity index (χ0n) is 10.9. The monoisotopic (exact) mass is 234 g/mol. The van der Waals surface area contributed by atoms with Crippen LogP contribution in [0.4, 0.5) is 0 Å². The quantitative estimate of drug-likeness (QED) is 0.861. The van der Waals surface area contributed by atoms with Crippen LogP contribution in [0.3, 0.4) is 0 Å². The molecule has 1 heterocycles. The molecule has 94 valence electrons. The molecular formula is C14H22N2O. The van der Waals surface area contributed by atoms with Crippen LogP contribution in [-0.4, -0.2) is 36.7 Å². The van der Waals surface area contributed by atoms with Gasteiger partial charge in [0.2, 0.25) is 0 Å². The van der Waals surface area contributed by atoms with Gasteiger partial charge in [0.05, 0.1) is 0 Å². The first-order valence-corrected chi connectivity index (χ1v) is 6.15. The van der Waals surface area contributed by atoms with Gasteiger partial charge in [-0.15, -0.1) is 0 Å². The van der Waals surface area contributed by atoms with Crippen molar-refractivity contribution in [3.8, 4) is 5.75 Å². The number of benzene rings is 1. The summed E-state index contributed by atoms with van der Waals surface area (Å²) in [4.78, 5) is 2.25. The molecule has 17 heavy (non-hydrogen) atoms. The van der Waals surface area contributed by atoms with Gasteiger partial charge < -0.3 is 10.5 Å². The summed E-state index contributed by atoms with van der Waals surface area (Å²) < 4.78 is 5.89. The molecule has 0 saturated carbocycles. The van der Waals surface area contributed by atoms with Crippen LogP contribution in [0, 0.1) is 0 Å². The maximum absolute atomic E-state index is 6.03. The molecule has 0 spiro atoms. The molecule has 3 heteroatoms. The van der Waals surface area contributed by atoms with Gasteiger partial charge in [-0.05, 0) is 45.0 Å². The number of nitrogens with zero attached hydrogens (tertiary/aromatic N) is 1. The van der Waals surface area contributed by atoms with Crippen LogP contribution < -0.4 is 10.5 Å². The molecule has 0 aromatic heterocycles. The van der Waals surface area contributed by atoms with Crippen molar-refractivity contribution in [2.75, 3.05) is 20.1 Å². The molecule has 0 unspecified atom stereocenters. The molecule has 2 N–H and O–H groups in total. The topological polar surface area (TPSA) is 38.5 Å². The highest BCUT2D eigenvalue weighted by atomic mass is 16.5. The minimum Gasteiger partial charge on any atom is -0.488 e. The molecule has 1 aliphatic rings. The molecular weight excluding hydrogens is 212 g/mol. The van der Waals surface area contributed by atoms with Crippen molar-refractivity contribution in [1.29, 1.82) is 0 Å². The van der Waals surface area contributed by atoms with Gasteiger partial charge >= 0.3 is 0 Å². The second-order valence-electron chi connectivity index (χ2n) is 5.77. The second kappa shape index (κ2) is 4.67. The van der Waals surface area contributed by atoms with Crippen LogP contribution in [0.1, 0.15) is 19.4 Å².